The second kappa shape index (κ2) is 7.13. The molecule has 1 aromatic rings. The van der Waals surface area contributed by atoms with Crippen molar-refractivity contribution in [3.8, 4) is 0 Å². The Bertz CT molecular complexity index is 415. The lowest BCUT2D eigenvalue weighted by Crippen LogP contribution is -2.30. The van der Waals surface area contributed by atoms with Crippen LogP contribution in [0.1, 0.15) is 30.1 Å². The summed E-state index contributed by atoms with van der Waals surface area (Å²) in [5.41, 5.74) is 0.544. The van der Waals surface area contributed by atoms with Gasteiger partial charge in [0.15, 0.2) is 5.78 Å². The molecular weight excluding hydrogens is 254 g/mol. The average molecular weight is 270 g/mol. The molecule has 0 aromatic heterocycles. The van der Waals surface area contributed by atoms with E-state index in [-0.39, 0.29) is 31.1 Å². The summed E-state index contributed by atoms with van der Waals surface area (Å²) in [7, 11) is 0. The smallest absolute Gasteiger partial charge is 0.220 e. The van der Waals surface area contributed by atoms with Crippen LogP contribution in [-0.4, -0.2) is 29.4 Å². The predicted molar refractivity (Wildman–Crippen MR) is 69.7 cm³/mol. The molecule has 1 atom stereocenters. The first-order chi connectivity index (χ1) is 8.49. The van der Waals surface area contributed by atoms with E-state index in [9.17, 15) is 9.59 Å². The van der Waals surface area contributed by atoms with Crippen LogP contribution in [0.2, 0.25) is 5.02 Å². The minimum Gasteiger partial charge on any atom is -0.392 e. The Morgan fingerprint density at radius 3 is 2.44 bits per heavy atom. The standard InChI is InChI=1S/C13H16ClNO3/c1-9(16)8-15-13(18)7-6-12(17)10-2-4-11(14)5-3-10/h2-5,9,16H,6-8H2,1H3,(H,15,18). The maximum Gasteiger partial charge on any atom is 0.220 e. The first-order valence-electron chi connectivity index (χ1n) is 5.72. The topological polar surface area (TPSA) is 66.4 Å². The molecule has 0 aliphatic carbocycles. The van der Waals surface area contributed by atoms with Gasteiger partial charge in [0.1, 0.15) is 0 Å². The van der Waals surface area contributed by atoms with Gasteiger partial charge >= 0.3 is 0 Å². The van der Waals surface area contributed by atoms with Crippen molar-refractivity contribution in [2.75, 3.05) is 6.54 Å². The molecule has 0 radical (unpaired) electrons. The molecule has 5 heteroatoms. The summed E-state index contributed by atoms with van der Waals surface area (Å²) < 4.78 is 0. The first-order valence-corrected chi connectivity index (χ1v) is 6.10. The van der Waals surface area contributed by atoms with Crippen molar-refractivity contribution < 1.29 is 14.7 Å². The van der Waals surface area contributed by atoms with E-state index in [2.05, 4.69) is 5.32 Å². The predicted octanol–water partition coefficient (Wildman–Crippen LogP) is 1.80. The van der Waals surface area contributed by atoms with Gasteiger partial charge < -0.3 is 10.4 Å². The van der Waals surface area contributed by atoms with Crippen molar-refractivity contribution >= 4 is 23.3 Å². The van der Waals surface area contributed by atoms with E-state index in [0.29, 0.717) is 10.6 Å². The van der Waals surface area contributed by atoms with Crippen molar-refractivity contribution in [3.05, 3.63) is 34.9 Å². The van der Waals surface area contributed by atoms with Crippen LogP contribution < -0.4 is 5.32 Å². The maximum absolute atomic E-state index is 11.7. The summed E-state index contributed by atoms with van der Waals surface area (Å²) in [6, 6.07) is 6.56. The summed E-state index contributed by atoms with van der Waals surface area (Å²) >= 11 is 5.72. The quantitative estimate of drug-likeness (QED) is 0.774. The van der Waals surface area contributed by atoms with Gasteiger partial charge in [0, 0.05) is 30.0 Å². The van der Waals surface area contributed by atoms with Gasteiger partial charge in [-0.05, 0) is 31.2 Å². The van der Waals surface area contributed by atoms with Crippen LogP contribution in [0.15, 0.2) is 24.3 Å². The monoisotopic (exact) mass is 269 g/mol. The van der Waals surface area contributed by atoms with Crippen molar-refractivity contribution in [2.24, 2.45) is 0 Å². The van der Waals surface area contributed by atoms with E-state index in [1.165, 1.54) is 0 Å². The highest BCUT2D eigenvalue weighted by atomic mass is 35.5. The van der Waals surface area contributed by atoms with Gasteiger partial charge in [-0.25, -0.2) is 0 Å². The van der Waals surface area contributed by atoms with Crippen LogP contribution in [-0.2, 0) is 4.79 Å². The van der Waals surface area contributed by atoms with Crippen molar-refractivity contribution in [2.45, 2.75) is 25.9 Å². The molecule has 1 aromatic carbocycles. The largest absolute Gasteiger partial charge is 0.392 e. The minimum absolute atomic E-state index is 0.0983. The third-order valence-corrected chi connectivity index (χ3v) is 2.59. The second-order valence-corrected chi connectivity index (χ2v) is 4.52. The molecule has 1 unspecified atom stereocenters. The lowest BCUT2D eigenvalue weighted by Gasteiger charge is -2.06. The van der Waals surface area contributed by atoms with E-state index < -0.39 is 6.10 Å². The maximum atomic E-state index is 11.7. The van der Waals surface area contributed by atoms with Crippen LogP contribution in [0.3, 0.4) is 0 Å². The number of rotatable bonds is 6. The number of ketones is 1. The number of amides is 1. The Labute approximate surface area is 111 Å². The lowest BCUT2D eigenvalue weighted by molar-refractivity contribution is -0.121. The third kappa shape index (κ3) is 5.29. The Morgan fingerprint density at radius 2 is 1.89 bits per heavy atom. The molecule has 0 fully saturated rings. The summed E-state index contributed by atoms with van der Waals surface area (Å²) in [5, 5.41) is 12.1. The van der Waals surface area contributed by atoms with Crippen molar-refractivity contribution in [3.63, 3.8) is 0 Å². The Balaban J connectivity index is 2.37. The normalized spacial score (nSPS) is 11.9. The summed E-state index contributed by atoms with van der Waals surface area (Å²) in [4.78, 5) is 23.1. The molecule has 18 heavy (non-hydrogen) atoms. The number of aliphatic hydroxyl groups is 1. The second-order valence-electron chi connectivity index (χ2n) is 4.08. The fraction of sp³-hybridized carbons (Fsp3) is 0.385. The fourth-order valence-corrected chi connectivity index (χ4v) is 1.48. The molecule has 0 aliphatic heterocycles. The SMILES string of the molecule is CC(O)CNC(=O)CCC(=O)c1ccc(Cl)cc1. The van der Waals surface area contributed by atoms with E-state index >= 15 is 0 Å². The van der Waals surface area contributed by atoms with Gasteiger partial charge in [-0.1, -0.05) is 11.6 Å². The highest BCUT2D eigenvalue weighted by molar-refractivity contribution is 6.30. The van der Waals surface area contributed by atoms with E-state index in [1.54, 1.807) is 31.2 Å². The molecular formula is C13H16ClNO3. The number of hydrogen-bond acceptors (Lipinski definition) is 3. The van der Waals surface area contributed by atoms with Gasteiger partial charge in [0.05, 0.1) is 6.10 Å². The van der Waals surface area contributed by atoms with Crippen LogP contribution in [0.25, 0.3) is 0 Å². The van der Waals surface area contributed by atoms with Gasteiger partial charge in [0.25, 0.3) is 0 Å². The van der Waals surface area contributed by atoms with Gasteiger partial charge in [-0.15, -0.1) is 0 Å². The van der Waals surface area contributed by atoms with Crippen LogP contribution >= 0.6 is 11.6 Å². The van der Waals surface area contributed by atoms with Crippen LogP contribution in [0.5, 0.6) is 0 Å². The molecule has 2 N–H and O–H groups in total. The minimum atomic E-state index is -0.582. The Morgan fingerprint density at radius 1 is 1.28 bits per heavy atom. The molecule has 98 valence electrons. The molecule has 0 aliphatic rings. The van der Waals surface area contributed by atoms with Crippen LogP contribution in [0.4, 0.5) is 0 Å². The molecule has 0 bridgehead atoms. The number of halogens is 1. The van der Waals surface area contributed by atoms with E-state index in [0.717, 1.165) is 0 Å². The zero-order valence-electron chi connectivity index (χ0n) is 10.1. The fourth-order valence-electron chi connectivity index (χ4n) is 1.36. The molecule has 1 rings (SSSR count). The number of aliphatic hydroxyl groups excluding tert-OH is 1. The average Bonchev–Trinajstić information content (AvgIpc) is 2.34. The van der Waals surface area contributed by atoms with Crippen LogP contribution in [0, 0.1) is 0 Å². The number of carbonyl (C=O) groups is 2. The molecule has 4 nitrogen and oxygen atoms in total. The molecule has 0 saturated carbocycles. The number of hydrogen-bond donors (Lipinski definition) is 2. The highest BCUT2D eigenvalue weighted by Gasteiger charge is 2.09. The zero-order chi connectivity index (χ0) is 13.5. The van der Waals surface area contributed by atoms with E-state index in [4.69, 9.17) is 16.7 Å². The number of benzene rings is 1. The summed E-state index contributed by atoms with van der Waals surface area (Å²) in [5.74, 6) is -0.336. The van der Waals surface area contributed by atoms with E-state index in [1.807, 2.05) is 0 Å². The highest BCUT2D eigenvalue weighted by Crippen LogP contribution is 2.11. The third-order valence-electron chi connectivity index (χ3n) is 2.34. The number of nitrogens with one attached hydrogen (secondary N) is 1. The Hall–Kier alpha value is -1.39. The van der Waals surface area contributed by atoms with Crippen molar-refractivity contribution in [1.29, 1.82) is 0 Å². The van der Waals surface area contributed by atoms with Gasteiger partial charge in [-0.3, -0.25) is 9.59 Å². The van der Waals surface area contributed by atoms with Gasteiger partial charge in [0.2, 0.25) is 5.91 Å². The zero-order valence-corrected chi connectivity index (χ0v) is 10.9. The Kier molecular flexibility index (Phi) is 5.82. The molecule has 0 spiro atoms. The molecule has 0 heterocycles. The summed E-state index contributed by atoms with van der Waals surface area (Å²) in [6.45, 7) is 1.78. The first kappa shape index (κ1) is 14.7. The molecule has 0 saturated heterocycles. The number of carbonyl (C=O) groups excluding carboxylic acids is 2. The van der Waals surface area contributed by atoms with Crippen molar-refractivity contribution in [1.82, 2.24) is 5.32 Å². The molecule has 1 amide bonds. The summed E-state index contributed by atoms with van der Waals surface area (Å²) in [6.07, 6.45) is -0.317. The number of Topliss-reactive ketones (excluding diaryl/α,β-unsaturated/α-hetero) is 1. The van der Waals surface area contributed by atoms with Gasteiger partial charge in [-0.2, -0.15) is 0 Å². The lowest BCUT2D eigenvalue weighted by atomic mass is 10.1.